The van der Waals surface area contributed by atoms with E-state index in [1.165, 1.54) is 128 Å². The molecule has 0 aromatic carbocycles. The van der Waals surface area contributed by atoms with Gasteiger partial charge < -0.3 is 33.8 Å². The Morgan fingerprint density at radius 2 is 0.593 bits per heavy atom. The van der Waals surface area contributed by atoms with Crippen LogP contribution >= 0.6 is 15.6 Å². The zero-order chi connectivity index (χ0) is 63.8. The van der Waals surface area contributed by atoms with Gasteiger partial charge in [0.05, 0.1) is 26.4 Å². The Morgan fingerprint density at radius 1 is 0.337 bits per heavy atom. The minimum atomic E-state index is -4.95. The molecule has 17 nitrogen and oxygen atoms in total. The van der Waals surface area contributed by atoms with E-state index in [2.05, 4.69) is 48.5 Å². The number of ether oxygens (including phenoxy) is 4. The van der Waals surface area contributed by atoms with E-state index in [0.717, 1.165) is 115 Å². The first-order chi connectivity index (χ1) is 41.3. The van der Waals surface area contributed by atoms with Gasteiger partial charge in [0.1, 0.15) is 19.3 Å². The lowest BCUT2D eigenvalue weighted by atomic mass is 10.00. The van der Waals surface area contributed by atoms with Crippen molar-refractivity contribution in [1.82, 2.24) is 0 Å². The standard InChI is InChI=1S/C67H130O17P2/c1-8-10-11-31-41-48-64(69)77-54-62(84-67(72)51-44-37-30-29-34-40-47-60(7)9-2)56-81-85(73,74)79-52-61(68)53-80-86(75,76)82-57-63(55-78-65(70)49-42-35-28-24-26-33-39-46-59(5)6)83-66(71)50-43-36-27-23-21-19-17-15-13-12-14-16-18-20-22-25-32-38-45-58(3)4/h58-63,68H,8-57H2,1-7H3,(H,73,74)(H,75,76)/t60?,61-,62+,63+/m0/s1. The molecule has 0 aromatic heterocycles. The van der Waals surface area contributed by atoms with Crippen LogP contribution < -0.4 is 0 Å². The van der Waals surface area contributed by atoms with Gasteiger partial charge in [-0.15, -0.1) is 0 Å². The van der Waals surface area contributed by atoms with E-state index >= 15 is 0 Å². The van der Waals surface area contributed by atoms with Gasteiger partial charge in [0, 0.05) is 25.7 Å². The fourth-order valence-electron chi connectivity index (χ4n) is 9.98. The predicted octanol–water partition coefficient (Wildman–Crippen LogP) is 18.7. The maximum absolute atomic E-state index is 13.0. The van der Waals surface area contributed by atoms with Crippen molar-refractivity contribution in [2.24, 2.45) is 17.8 Å². The zero-order valence-electron chi connectivity index (χ0n) is 55.8. The van der Waals surface area contributed by atoms with Crippen LogP contribution in [0.3, 0.4) is 0 Å². The van der Waals surface area contributed by atoms with Crippen LogP contribution in [0.2, 0.25) is 0 Å². The second-order valence-electron chi connectivity index (χ2n) is 25.4. The monoisotopic (exact) mass is 1270 g/mol. The molecule has 510 valence electrons. The highest BCUT2D eigenvalue weighted by molar-refractivity contribution is 7.47. The number of rotatable bonds is 65. The van der Waals surface area contributed by atoms with E-state index in [1.54, 1.807) is 0 Å². The number of phosphoric acid groups is 2. The topological polar surface area (TPSA) is 237 Å². The second-order valence-corrected chi connectivity index (χ2v) is 28.3. The summed E-state index contributed by atoms with van der Waals surface area (Å²) in [5.41, 5.74) is 0. The van der Waals surface area contributed by atoms with Crippen molar-refractivity contribution in [3.05, 3.63) is 0 Å². The molecule has 0 fully saturated rings. The SMILES string of the molecule is CCCCCCCC(=O)OC[C@H](COP(=O)(O)OC[C@H](O)COP(=O)(O)OC[C@@H](COC(=O)CCCCCCCCCC(C)C)OC(=O)CCCCCCCCCCCCCCCCCCCCC(C)C)OC(=O)CCCCCCCCC(C)CC. The molecule has 3 N–H and O–H groups in total. The van der Waals surface area contributed by atoms with Crippen LogP contribution in [-0.4, -0.2) is 96.7 Å². The van der Waals surface area contributed by atoms with E-state index < -0.39 is 97.5 Å². The number of phosphoric ester groups is 2. The average molecular weight is 1270 g/mol. The van der Waals surface area contributed by atoms with Crippen LogP contribution in [0.25, 0.3) is 0 Å². The quantitative estimate of drug-likeness (QED) is 0.0222. The van der Waals surface area contributed by atoms with Gasteiger partial charge in [-0.1, -0.05) is 280 Å². The molecule has 0 radical (unpaired) electrons. The fraction of sp³-hybridized carbons (Fsp3) is 0.940. The van der Waals surface area contributed by atoms with E-state index in [9.17, 15) is 43.2 Å². The number of hydrogen-bond donors (Lipinski definition) is 3. The molecule has 0 saturated carbocycles. The normalized spacial score (nSPS) is 14.6. The number of hydrogen-bond acceptors (Lipinski definition) is 15. The third kappa shape index (κ3) is 59.7. The van der Waals surface area contributed by atoms with E-state index in [0.29, 0.717) is 31.6 Å². The molecule has 0 rings (SSSR count). The number of aliphatic hydroxyl groups is 1. The molecule has 3 unspecified atom stereocenters. The van der Waals surface area contributed by atoms with Crippen LogP contribution in [0.1, 0.15) is 331 Å². The second kappa shape index (κ2) is 58.2. The van der Waals surface area contributed by atoms with Crippen molar-refractivity contribution in [2.75, 3.05) is 39.6 Å². The number of aliphatic hydroxyl groups excluding tert-OH is 1. The molecular formula is C67H130O17P2. The lowest BCUT2D eigenvalue weighted by molar-refractivity contribution is -0.161. The smallest absolute Gasteiger partial charge is 0.462 e. The van der Waals surface area contributed by atoms with Crippen molar-refractivity contribution in [3.8, 4) is 0 Å². The molecule has 0 amide bonds. The third-order valence-electron chi connectivity index (χ3n) is 15.7. The van der Waals surface area contributed by atoms with Crippen LogP contribution in [0.15, 0.2) is 0 Å². The minimum Gasteiger partial charge on any atom is -0.462 e. The lowest BCUT2D eigenvalue weighted by Crippen LogP contribution is -2.30. The van der Waals surface area contributed by atoms with Gasteiger partial charge in [0.2, 0.25) is 0 Å². The third-order valence-corrected chi connectivity index (χ3v) is 17.6. The Bertz CT molecular complexity index is 1700. The van der Waals surface area contributed by atoms with Gasteiger partial charge in [0.25, 0.3) is 0 Å². The molecule has 0 aliphatic carbocycles. The Morgan fingerprint density at radius 3 is 0.884 bits per heavy atom. The van der Waals surface area contributed by atoms with Crippen molar-refractivity contribution < 1.29 is 80.2 Å². The summed E-state index contributed by atoms with van der Waals surface area (Å²) in [5, 5.41) is 10.5. The van der Waals surface area contributed by atoms with Gasteiger partial charge in [0.15, 0.2) is 12.2 Å². The van der Waals surface area contributed by atoms with Gasteiger partial charge >= 0.3 is 39.5 Å². The first kappa shape index (κ1) is 84.1. The van der Waals surface area contributed by atoms with Gasteiger partial charge in [-0.05, 0) is 43.4 Å². The summed E-state index contributed by atoms with van der Waals surface area (Å²) in [4.78, 5) is 72.0. The molecule has 86 heavy (non-hydrogen) atoms. The summed E-state index contributed by atoms with van der Waals surface area (Å²) >= 11 is 0. The highest BCUT2D eigenvalue weighted by atomic mass is 31.2. The number of esters is 4. The summed E-state index contributed by atoms with van der Waals surface area (Å²) in [6, 6.07) is 0. The van der Waals surface area contributed by atoms with Crippen molar-refractivity contribution in [2.45, 2.75) is 349 Å². The Balaban J connectivity index is 5.08. The molecule has 6 atom stereocenters. The van der Waals surface area contributed by atoms with E-state index in [-0.39, 0.29) is 25.7 Å². The minimum absolute atomic E-state index is 0.102. The van der Waals surface area contributed by atoms with E-state index in [4.69, 9.17) is 37.0 Å². The van der Waals surface area contributed by atoms with Crippen LogP contribution in [0.5, 0.6) is 0 Å². The summed E-state index contributed by atoms with van der Waals surface area (Å²) in [6.45, 7) is 11.7. The molecule has 0 saturated heterocycles. The van der Waals surface area contributed by atoms with Gasteiger partial charge in [-0.3, -0.25) is 37.3 Å². The Kier molecular flexibility index (Phi) is 56.9. The maximum Gasteiger partial charge on any atom is 0.472 e. The van der Waals surface area contributed by atoms with Crippen LogP contribution in [0.4, 0.5) is 0 Å². The summed E-state index contributed by atoms with van der Waals surface area (Å²) < 4.78 is 67.9. The maximum atomic E-state index is 13.0. The van der Waals surface area contributed by atoms with Crippen molar-refractivity contribution >= 4 is 39.5 Å². The number of carbonyl (C=O) groups excluding carboxylic acids is 4. The average Bonchev–Trinajstić information content (AvgIpc) is 3.69. The van der Waals surface area contributed by atoms with Crippen molar-refractivity contribution in [1.29, 1.82) is 0 Å². The predicted molar refractivity (Wildman–Crippen MR) is 344 cm³/mol. The highest BCUT2D eigenvalue weighted by Crippen LogP contribution is 2.45. The molecule has 0 bridgehead atoms. The van der Waals surface area contributed by atoms with Gasteiger partial charge in [-0.2, -0.15) is 0 Å². The molecule has 0 aliphatic heterocycles. The lowest BCUT2D eigenvalue weighted by Gasteiger charge is -2.21. The summed E-state index contributed by atoms with van der Waals surface area (Å²) in [6.07, 6.45) is 41.0. The van der Waals surface area contributed by atoms with E-state index in [1.807, 2.05) is 0 Å². The molecule has 0 aromatic rings. The molecular weight excluding hydrogens is 1140 g/mol. The van der Waals surface area contributed by atoms with Crippen LogP contribution in [0, 0.1) is 17.8 Å². The molecule has 0 heterocycles. The number of unbranched alkanes of at least 4 members (excludes halogenated alkanes) is 32. The van der Waals surface area contributed by atoms with Crippen molar-refractivity contribution in [3.63, 3.8) is 0 Å². The summed E-state index contributed by atoms with van der Waals surface area (Å²) in [7, 11) is -9.88. The highest BCUT2D eigenvalue weighted by Gasteiger charge is 2.30. The van der Waals surface area contributed by atoms with Crippen LogP contribution in [-0.2, 0) is 65.4 Å². The zero-order valence-corrected chi connectivity index (χ0v) is 57.6. The van der Waals surface area contributed by atoms with Gasteiger partial charge in [-0.25, -0.2) is 9.13 Å². The first-order valence-corrected chi connectivity index (χ1v) is 37.9. The first-order valence-electron chi connectivity index (χ1n) is 34.9. The number of carbonyl (C=O) groups is 4. The summed E-state index contributed by atoms with van der Waals surface area (Å²) in [5.74, 6) is 0.0993. The Labute approximate surface area is 524 Å². The Hall–Kier alpha value is -1.94. The molecule has 0 aliphatic rings. The molecule has 0 spiro atoms. The fourth-order valence-corrected chi connectivity index (χ4v) is 11.6. The largest absolute Gasteiger partial charge is 0.472 e. The molecule has 19 heteroatoms.